The number of phenolic OH excluding ortho intramolecular Hbond substituents is 1. The molecule has 0 bridgehead atoms. The number of alkyl halides is 3. The Balaban J connectivity index is 2.27. The lowest BCUT2D eigenvalue weighted by atomic mass is 10.3. The van der Waals surface area contributed by atoms with Crippen molar-refractivity contribution in [2.45, 2.75) is 12.6 Å². The molecule has 0 fully saturated rings. The number of rotatable bonds is 7. The van der Waals surface area contributed by atoms with Gasteiger partial charge in [0.15, 0.2) is 5.75 Å². The molecule has 1 rings (SSSR count). The van der Waals surface area contributed by atoms with Crippen molar-refractivity contribution >= 4 is 34.8 Å². The summed E-state index contributed by atoms with van der Waals surface area (Å²) in [5, 5.41) is 8.35. The largest absolute Gasteiger partial charge is 0.508 e. The van der Waals surface area contributed by atoms with Gasteiger partial charge in [-0.1, -0.05) is 34.8 Å². The first-order chi connectivity index (χ1) is 10.2. The molecule has 3 nitrogen and oxygen atoms in total. The van der Waals surface area contributed by atoms with Gasteiger partial charge in [-0.3, -0.25) is 0 Å². The molecule has 1 aromatic rings. The minimum atomic E-state index is -4.56. The van der Waals surface area contributed by atoms with Crippen molar-refractivity contribution in [1.29, 1.82) is 0 Å². The molecule has 124 valence electrons. The Hall–Kier alpha value is -0.820. The van der Waals surface area contributed by atoms with Gasteiger partial charge in [0.05, 0.1) is 29.9 Å². The fourth-order valence-corrected chi connectivity index (χ4v) is 2.00. The lowest BCUT2D eigenvalue weighted by Crippen LogP contribution is -2.09. The summed E-state index contributed by atoms with van der Waals surface area (Å²) in [7, 11) is 0. The van der Waals surface area contributed by atoms with Crippen LogP contribution in [0.4, 0.5) is 13.2 Å². The molecule has 0 atom stereocenters. The van der Waals surface area contributed by atoms with E-state index >= 15 is 0 Å². The molecule has 0 aromatic heterocycles. The Kier molecular flexibility index (Phi) is 7.62. The number of hydrogen-bond donors (Lipinski definition) is 1. The van der Waals surface area contributed by atoms with E-state index in [0.29, 0.717) is 6.42 Å². The average Bonchev–Trinajstić information content (AvgIpc) is 2.38. The zero-order valence-corrected chi connectivity index (χ0v) is 13.4. The quantitative estimate of drug-likeness (QED) is 0.664. The number of hydrogen-bond acceptors (Lipinski definition) is 3. The standard InChI is InChI=1S/C13H12Cl3F3O3/c14-9-6-8(20)7-10(15)12(9)22-4-1-3-21-5-2-11(16)13(17,18)19/h2,6-7,20H,1,3-5H2/b11-2-. The molecule has 0 radical (unpaired) electrons. The average molecular weight is 380 g/mol. The third kappa shape index (κ3) is 6.52. The van der Waals surface area contributed by atoms with Crippen LogP contribution in [0.15, 0.2) is 23.2 Å². The summed E-state index contributed by atoms with van der Waals surface area (Å²) in [5.41, 5.74) is 0. The van der Waals surface area contributed by atoms with Crippen molar-refractivity contribution in [1.82, 2.24) is 0 Å². The molecule has 22 heavy (non-hydrogen) atoms. The molecule has 0 saturated heterocycles. The van der Waals surface area contributed by atoms with Crippen molar-refractivity contribution < 1.29 is 27.8 Å². The molecule has 1 N–H and O–H groups in total. The van der Waals surface area contributed by atoms with E-state index < -0.39 is 11.2 Å². The van der Waals surface area contributed by atoms with E-state index in [2.05, 4.69) is 0 Å². The summed E-state index contributed by atoms with van der Waals surface area (Å²) in [5.74, 6) is 0.139. The Morgan fingerprint density at radius 2 is 1.77 bits per heavy atom. The minimum Gasteiger partial charge on any atom is -0.508 e. The highest BCUT2D eigenvalue weighted by atomic mass is 35.5. The molecule has 9 heteroatoms. The van der Waals surface area contributed by atoms with Gasteiger partial charge in [0.2, 0.25) is 0 Å². The zero-order chi connectivity index (χ0) is 16.8. The topological polar surface area (TPSA) is 38.7 Å². The van der Waals surface area contributed by atoms with Crippen LogP contribution in [0.3, 0.4) is 0 Å². The van der Waals surface area contributed by atoms with Gasteiger partial charge in [-0.05, 0) is 6.08 Å². The third-order valence-electron chi connectivity index (χ3n) is 2.31. The van der Waals surface area contributed by atoms with Crippen molar-refractivity contribution in [2.75, 3.05) is 19.8 Å². The van der Waals surface area contributed by atoms with Crippen molar-refractivity contribution in [3.05, 3.63) is 33.3 Å². The molecule has 0 heterocycles. The van der Waals surface area contributed by atoms with Crippen LogP contribution in [0.25, 0.3) is 0 Å². The van der Waals surface area contributed by atoms with Crippen LogP contribution in [0, 0.1) is 0 Å². The van der Waals surface area contributed by atoms with Crippen LogP contribution in [0.1, 0.15) is 6.42 Å². The molecule has 0 spiro atoms. The maximum absolute atomic E-state index is 12.1. The molecular weight excluding hydrogens is 367 g/mol. The molecule has 0 aliphatic rings. The Morgan fingerprint density at radius 1 is 1.18 bits per heavy atom. The second kappa shape index (κ2) is 8.72. The fraction of sp³-hybridized carbons (Fsp3) is 0.385. The summed E-state index contributed by atoms with van der Waals surface area (Å²) in [4.78, 5) is 0. The van der Waals surface area contributed by atoms with Gasteiger partial charge in [0, 0.05) is 18.6 Å². The molecule has 0 aliphatic carbocycles. The Morgan fingerprint density at radius 3 is 2.32 bits per heavy atom. The molecule has 1 aromatic carbocycles. The van der Waals surface area contributed by atoms with Gasteiger partial charge in [-0.15, -0.1) is 0 Å². The molecular formula is C13H12Cl3F3O3. The number of benzene rings is 1. The number of aromatic hydroxyl groups is 1. The maximum atomic E-state index is 12.1. The summed E-state index contributed by atoms with van der Waals surface area (Å²) in [6, 6.07) is 2.56. The summed E-state index contributed by atoms with van der Waals surface area (Å²) < 4.78 is 46.5. The van der Waals surface area contributed by atoms with Crippen LogP contribution in [0.5, 0.6) is 11.5 Å². The van der Waals surface area contributed by atoms with Crippen LogP contribution in [0.2, 0.25) is 10.0 Å². The van der Waals surface area contributed by atoms with Gasteiger partial charge < -0.3 is 14.6 Å². The first kappa shape index (κ1) is 19.2. The van der Waals surface area contributed by atoms with Crippen molar-refractivity contribution in [3.63, 3.8) is 0 Å². The van der Waals surface area contributed by atoms with Crippen LogP contribution < -0.4 is 4.74 Å². The first-order valence-electron chi connectivity index (χ1n) is 6.03. The predicted molar refractivity (Wildman–Crippen MR) is 79.0 cm³/mol. The van der Waals surface area contributed by atoms with Crippen molar-refractivity contribution in [3.8, 4) is 11.5 Å². The minimum absolute atomic E-state index is 0.0842. The summed E-state index contributed by atoms with van der Waals surface area (Å²) in [6.45, 7) is 0.117. The van der Waals surface area contributed by atoms with Gasteiger partial charge >= 0.3 is 6.18 Å². The maximum Gasteiger partial charge on any atom is 0.426 e. The highest BCUT2D eigenvalue weighted by molar-refractivity contribution is 6.37. The second-order valence-corrected chi connectivity index (χ2v) is 5.29. The highest BCUT2D eigenvalue weighted by Crippen LogP contribution is 2.36. The van der Waals surface area contributed by atoms with E-state index in [1.807, 2.05) is 0 Å². The van der Waals surface area contributed by atoms with Gasteiger partial charge in [0.1, 0.15) is 10.8 Å². The summed E-state index contributed by atoms with van der Waals surface area (Å²) in [6.07, 6.45) is -3.40. The number of ether oxygens (including phenoxy) is 2. The number of halogens is 6. The van der Waals surface area contributed by atoms with E-state index in [1.54, 1.807) is 0 Å². The molecule has 0 amide bonds. The van der Waals surface area contributed by atoms with Crippen LogP contribution >= 0.6 is 34.8 Å². The normalized spacial score (nSPS) is 12.5. The highest BCUT2D eigenvalue weighted by Gasteiger charge is 2.31. The summed E-state index contributed by atoms with van der Waals surface area (Å²) >= 11 is 16.7. The monoisotopic (exact) mass is 378 g/mol. The van der Waals surface area contributed by atoms with E-state index in [1.165, 1.54) is 12.1 Å². The second-order valence-electron chi connectivity index (χ2n) is 4.07. The zero-order valence-electron chi connectivity index (χ0n) is 11.1. The predicted octanol–water partition coefficient (Wildman–Crippen LogP) is 5.17. The van der Waals surface area contributed by atoms with Gasteiger partial charge in [0.25, 0.3) is 0 Å². The van der Waals surface area contributed by atoms with Crippen LogP contribution in [-0.2, 0) is 4.74 Å². The Bertz CT molecular complexity index is 510. The Labute approximate surface area is 140 Å². The smallest absolute Gasteiger partial charge is 0.426 e. The molecule has 0 unspecified atom stereocenters. The molecule has 0 saturated carbocycles. The lowest BCUT2D eigenvalue weighted by molar-refractivity contribution is -0.0850. The molecule has 0 aliphatic heterocycles. The number of allylic oxidation sites excluding steroid dienone is 1. The third-order valence-corrected chi connectivity index (χ3v) is 3.24. The van der Waals surface area contributed by atoms with E-state index in [4.69, 9.17) is 44.3 Å². The first-order valence-corrected chi connectivity index (χ1v) is 7.16. The van der Waals surface area contributed by atoms with E-state index in [-0.39, 0.29) is 41.4 Å². The van der Waals surface area contributed by atoms with Crippen molar-refractivity contribution in [2.24, 2.45) is 0 Å². The SMILES string of the molecule is Oc1cc(Cl)c(OCCCOC/C=C(\Cl)C(F)(F)F)c(Cl)c1. The lowest BCUT2D eigenvalue weighted by Gasteiger charge is -2.10. The van der Waals surface area contributed by atoms with Crippen LogP contribution in [-0.4, -0.2) is 31.1 Å². The number of phenols is 1. The van der Waals surface area contributed by atoms with Gasteiger partial charge in [-0.2, -0.15) is 13.2 Å². The van der Waals surface area contributed by atoms with Gasteiger partial charge in [-0.25, -0.2) is 0 Å². The van der Waals surface area contributed by atoms with E-state index in [0.717, 1.165) is 6.08 Å². The van der Waals surface area contributed by atoms with E-state index in [9.17, 15) is 18.3 Å². The fourth-order valence-electron chi connectivity index (χ4n) is 1.35.